The summed E-state index contributed by atoms with van der Waals surface area (Å²) in [5.74, 6) is 0.253. The van der Waals surface area contributed by atoms with Gasteiger partial charge in [0, 0.05) is 12.6 Å². The average Bonchev–Trinajstić information content (AvgIpc) is 3.21. The van der Waals surface area contributed by atoms with Gasteiger partial charge in [0.15, 0.2) is 0 Å². The third kappa shape index (κ3) is 3.54. The SMILES string of the molecule is CCc1cc2c(=O)c(-c3nc4ccccc4s3)coc2c(CN2CCCC[C@H]2C)c1O. The first-order valence-corrected chi connectivity index (χ1v) is 11.8. The minimum absolute atomic E-state index is 0.0945. The van der Waals surface area contributed by atoms with Crippen molar-refractivity contribution in [2.75, 3.05) is 6.54 Å². The molecule has 0 radical (unpaired) electrons. The van der Waals surface area contributed by atoms with Crippen molar-refractivity contribution in [3.8, 4) is 16.3 Å². The van der Waals surface area contributed by atoms with Crippen LogP contribution in [-0.2, 0) is 13.0 Å². The molecule has 2 aromatic carbocycles. The molecule has 1 aliphatic rings. The van der Waals surface area contributed by atoms with Gasteiger partial charge in [-0.15, -0.1) is 11.3 Å². The van der Waals surface area contributed by atoms with E-state index in [1.54, 1.807) is 6.07 Å². The van der Waals surface area contributed by atoms with Gasteiger partial charge in [0.25, 0.3) is 0 Å². The van der Waals surface area contributed by atoms with Crippen LogP contribution in [0, 0.1) is 0 Å². The van der Waals surface area contributed by atoms with Crippen molar-refractivity contribution in [3.05, 3.63) is 57.9 Å². The van der Waals surface area contributed by atoms with Crippen molar-refractivity contribution in [1.29, 1.82) is 0 Å². The first-order chi connectivity index (χ1) is 15.1. The average molecular weight is 435 g/mol. The van der Waals surface area contributed by atoms with Crippen LogP contribution in [-0.4, -0.2) is 27.6 Å². The summed E-state index contributed by atoms with van der Waals surface area (Å²) in [6.07, 6.45) is 5.70. The number of likely N-dealkylation sites (tertiary alicyclic amines) is 1. The molecule has 0 unspecified atom stereocenters. The molecule has 0 spiro atoms. The van der Waals surface area contributed by atoms with Crippen LogP contribution < -0.4 is 5.43 Å². The second-order valence-electron chi connectivity index (χ2n) is 8.37. The van der Waals surface area contributed by atoms with Crippen molar-refractivity contribution < 1.29 is 9.52 Å². The van der Waals surface area contributed by atoms with Gasteiger partial charge in [-0.3, -0.25) is 9.69 Å². The second kappa shape index (κ2) is 8.09. The number of nitrogens with zero attached hydrogens (tertiary/aromatic N) is 2. The third-order valence-corrected chi connectivity index (χ3v) is 7.49. The normalized spacial score (nSPS) is 17.5. The predicted molar refractivity (Wildman–Crippen MR) is 126 cm³/mol. The number of piperidine rings is 1. The van der Waals surface area contributed by atoms with E-state index in [1.807, 2.05) is 31.2 Å². The number of aromatic hydroxyl groups is 1. The highest BCUT2D eigenvalue weighted by Crippen LogP contribution is 2.35. The van der Waals surface area contributed by atoms with Crippen LogP contribution in [0.2, 0.25) is 0 Å². The highest BCUT2D eigenvalue weighted by atomic mass is 32.1. The summed E-state index contributed by atoms with van der Waals surface area (Å²) < 4.78 is 7.08. The maximum Gasteiger partial charge on any atom is 0.202 e. The lowest BCUT2D eigenvalue weighted by atomic mass is 9.98. The smallest absolute Gasteiger partial charge is 0.202 e. The number of hydrogen-bond donors (Lipinski definition) is 1. The monoisotopic (exact) mass is 434 g/mol. The minimum Gasteiger partial charge on any atom is -0.507 e. The van der Waals surface area contributed by atoms with Crippen LogP contribution in [0.5, 0.6) is 5.75 Å². The standard InChI is InChI=1S/C25H26N2O3S/c1-3-16-12-17-23(29)19(25-26-20-9-4-5-10-21(20)31-25)14-30-24(17)18(22(16)28)13-27-11-7-6-8-15(27)2/h4-5,9-10,12,14-15,28H,3,6-8,11,13H2,1-2H3/t15-/m1/s1. The van der Waals surface area contributed by atoms with Crippen molar-refractivity contribution in [2.45, 2.75) is 52.1 Å². The second-order valence-corrected chi connectivity index (χ2v) is 9.40. The first kappa shape index (κ1) is 20.2. The van der Waals surface area contributed by atoms with Crippen LogP contribution in [0.15, 0.2) is 45.8 Å². The van der Waals surface area contributed by atoms with Gasteiger partial charge < -0.3 is 9.52 Å². The van der Waals surface area contributed by atoms with E-state index in [4.69, 9.17) is 4.42 Å². The lowest BCUT2D eigenvalue weighted by molar-refractivity contribution is 0.151. The fourth-order valence-electron chi connectivity index (χ4n) is 4.54. The number of thiazole rings is 1. The number of hydrogen-bond acceptors (Lipinski definition) is 6. The van der Waals surface area contributed by atoms with Gasteiger partial charge in [0.1, 0.15) is 22.6 Å². The lowest BCUT2D eigenvalue weighted by Crippen LogP contribution is -2.36. The molecule has 2 aromatic heterocycles. The first-order valence-electron chi connectivity index (χ1n) is 11.0. The molecule has 1 atom stereocenters. The summed E-state index contributed by atoms with van der Waals surface area (Å²) in [6, 6.07) is 10.1. The van der Waals surface area contributed by atoms with E-state index in [0.29, 0.717) is 40.5 Å². The van der Waals surface area contributed by atoms with Gasteiger partial charge in [-0.1, -0.05) is 25.5 Å². The number of aryl methyl sites for hydroxylation is 1. The van der Waals surface area contributed by atoms with Crippen LogP contribution in [0.25, 0.3) is 31.8 Å². The Morgan fingerprint density at radius 2 is 2.13 bits per heavy atom. The number of para-hydroxylation sites is 1. The van der Waals surface area contributed by atoms with Gasteiger partial charge in [-0.05, 0) is 56.5 Å². The summed E-state index contributed by atoms with van der Waals surface area (Å²) in [4.78, 5) is 20.5. The molecule has 6 heteroatoms. The van der Waals surface area contributed by atoms with Crippen LogP contribution in [0.1, 0.15) is 44.2 Å². The molecule has 0 amide bonds. The molecule has 1 N–H and O–H groups in total. The van der Waals surface area contributed by atoms with E-state index in [-0.39, 0.29) is 11.2 Å². The molecule has 5 nitrogen and oxygen atoms in total. The highest BCUT2D eigenvalue weighted by Gasteiger charge is 2.24. The summed E-state index contributed by atoms with van der Waals surface area (Å²) in [6.45, 7) is 5.80. The van der Waals surface area contributed by atoms with E-state index >= 15 is 0 Å². The zero-order valence-electron chi connectivity index (χ0n) is 17.9. The number of benzene rings is 2. The van der Waals surface area contributed by atoms with Crippen LogP contribution in [0.4, 0.5) is 0 Å². The number of phenols is 1. The van der Waals surface area contributed by atoms with Crippen molar-refractivity contribution in [2.24, 2.45) is 0 Å². The summed E-state index contributed by atoms with van der Waals surface area (Å²) in [7, 11) is 0. The zero-order chi connectivity index (χ0) is 21.5. The third-order valence-electron chi connectivity index (χ3n) is 6.42. The van der Waals surface area contributed by atoms with Crippen molar-refractivity contribution >= 4 is 32.5 Å². The van der Waals surface area contributed by atoms with E-state index in [9.17, 15) is 9.90 Å². The maximum absolute atomic E-state index is 13.5. The molecule has 0 bridgehead atoms. The van der Waals surface area contributed by atoms with Gasteiger partial charge in [0.2, 0.25) is 5.43 Å². The molecule has 4 aromatic rings. The molecule has 1 saturated heterocycles. The van der Waals surface area contributed by atoms with Crippen molar-refractivity contribution in [1.82, 2.24) is 9.88 Å². The Morgan fingerprint density at radius 3 is 2.90 bits per heavy atom. The topological polar surface area (TPSA) is 66.6 Å². The summed E-state index contributed by atoms with van der Waals surface area (Å²) >= 11 is 1.49. The summed E-state index contributed by atoms with van der Waals surface area (Å²) in [5, 5.41) is 12.2. The van der Waals surface area contributed by atoms with Crippen molar-refractivity contribution in [3.63, 3.8) is 0 Å². The van der Waals surface area contributed by atoms with Crippen LogP contribution in [0.3, 0.4) is 0 Å². The molecular formula is C25H26N2O3S. The van der Waals surface area contributed by atoms with Gasteiger partial charge in [0.05, 0.1) is 26.7 Å². The molecule has 0 aliphatic carbocycles. The Hall–Kier alpha value is -2.70. The van der Waals surface area contributed by atoms with Gasteiger partial charge >= 0.3 is 0 Å². The minimum atomic E-state index is -0.0945. The Balaban J connectivity index is 1.66. The van der Waals surface area contributed by atoms with E-state index in [1.165, 1.54) is 24.0 Å². The Labute approximate surface area is 185 Å². The number of fused-ring (bicyclic) bond motifs is 2. The largest absolute Gasteiger partial charge is 0.507 e. The Kier molecular flexibility index (Phi) is 5.28. The molecule has 5 rings (SSSR count). The Morgan fingerprint density at radius 1 is 1.29 bits per heavy atom. The molecule has 1 fully saturated rings. The molecule has 0 saturated carbocycles. The van der Waals surface area contributed by atoms with E-state index in [0.717, 1.165) is 40.7 Å². The van der Waals surface area contributed by atoms with E-state index < -0.39 is 0 Å². The number of aromatic nitrogens is 1. The molecule has 160 valence electrons. The van der Waals surface area contributed by atoms with E-state index in [2.05, 4.69) is 16.8 Å². The Bertz CT molecular complexity index is 1290. The fourth-order valence-corrected chi connectivity index (χ4v) is 5.51. The fraction of sp³-hybridized carbons (Fsp3) is 0.360. The van der Waals surface area contributed by atoms with Crippen LogP contribution >= 0.6 is 11.3 Å². The molecular weight excluding hydrogens is 408 g/mol. The maximum atomic E-state index is 13.5. The van der Waals surface area contributed by atoms with Gasteiger partial charge in [-0.2, -0.15) is 0 Å². The summed E-state index contributed by atoms with van der Waals surface area (Å²) in [5.41, 5.74) is 3.24. The predicted octanol–water partition coefficient (Wildman–Crippen LogP) is 5.71. The van der Waals surface area contributed by atoms with Gasteiger partial charge in [-0.25, -0.2) is 4.98 Å². The number of phenolic OH excluding ortho intramolecular Hbond substituents is 1. The molecule has 31 heavy (non-hydrogen) atoms. The highest BCUT2D eigenvalue weighted by molar-refractivity contribution is 7.21. The lowest BCUT2D eigenvalue weighted by Gasteiger charge is -2.33. The molecule has 1 aliphatic heterocycles. The number of rotatable bonds is 4. The zero-order valence-corrected chi connectivity index (χ0v) is 18.7. The molecule has 3 heterocycles. The quantitative estimate of drug-likeness (QED) is 0.445.